The number of rotatable bonds is 5. The topological polar surface area (TPSA) is 109 Å². The zero-order valence-corrected chi connectivity index (χ0v) is 18.1. The second kappa shape index (κ2) is 9.07. The van der Waals surface area contributed by atoms with Gasteiger partial charge < -0.3 is 25.2 Å². The lowest BCUT2D eigenvalue weighted by Crippen LogP contribution is -2.51. The Bertz CT molecular complexity index is 959. The van der Waals surface area contributed by atoms with Gasteiger partial charge in [-0.2, -0.15) is 4.98 Å². The van der Waals surface area contributed by atoms with Gasteiger partial charge in [-0.3, -0.25) is 4.90 Å². The van der Waals surface area contributed by atoms with Gasteiger partial charge in [-0.05, 0) is 49.9 Å². The summed E-state index contributed by atoms with van der Waals surface area (Å²) in [7, 11) is 1.60. The summed E-state index contributed by atoms with van der Waals surface area (Å²) in [5, 5.41) is 15.3. The van der Waals surface area contributed by atoms with E-state index in [9.17, 15) is 9.90 Å². The quantitative estimate of drug-likeness (QED) is 0.672. The number of fused-ring (bicyclic) bond motifs is 1. The number of hydrogen-bond acceptors (Lipinski definition) is 7. The molecular formula is C22H29N5O4. The van der Waals surface area contributed by atoms with E-state index >= 15 is 0 Å². The number of carbonyl (C=O) groups is 1. The van der Waals surface area contributed by atoms with Crippen LogP contribution in [0.15, 0.2) is 18.3 Å². The summed E-state index contributed by atoms with van der Waals surface area (Å²) in [5.41, 5.74) is 3.89. The van der Waals surface area contributed by atoms with Crippen LogP contribution >= 0.6 is 0 Å². The number of nitrogens with zero attached hydrogens (tertiary/aromatic N) is 3. The highest BCUT2D eigenvalue weighted by atomic mass is 16.5. The van der Waals surface area contributed by atoms with Gasteiger partial charge in [0.25, 0.3) is 0 Å². The fourth-order valence-electron chi connectivity index (χ4n) is 4.01. The Labute approximate surface area is 181 Å². The fraction of sp³-hybridized carbons (Fsp3) is 0.500. The maximum atomic E-state index is 12.8. The van der Waals surface area contributed by atoms with Crippen molar-refractivity contribution in [2.24, 2.45) is 0 Å². The average Bonchev–Trinajstić information content (AvgIpc) is 3.23. The first-order valence-electron chi connectivity index (χ1n) is 10.6. The van der Waals surface area contributed by atoms with Crippen LogP contribution in [-0.2, 0) is 11.2 Å². The molecule has 4 rings (SSSR count). The van der Waals surface area contributed by atoms with Crippen LogP contribution in [-0.4, -0.2) is 60.1 Å². The maximum Gasteiger partial charge on any atom is 0.323 e. The molecule has 2 aliphatic heterocycles. The minimum absolute atomic E-state index is 0.0154. The normalized spacial score (nSPS) is 20.0. The van der Waals surface area contributed by atoms with Gasteiger partial charge in [0.15, 0.2) is 0 Å². The largest absolute Gasteiger partial charge is 0.493 e. The smallest absolute Gasteiger partial charge is 0.323 e. The van der Waals surface area contributed by atoms with Gasteiger partial charge >= 0.3 is 6.03 Å². The van der Waals surface area contributed by atoms with Gasteiger partial charge in [0.1, 0.15) is 11.6 Å². The molecule has 166 valence electrons. The molecule has 2 unspecified atom stereocenters. The minimum atomic E-state index is -0.255. The molecule has 0 bridgehead atoms. The van der Waals surface area contributed by atoms with E-state index in [2.05, 4.69) is 21.7 Å². The number of urea groups is 1. The molecule has 0 saturated carbocycles. The van der Waals surface area contributed by atoms with Crippen LogP contribution in [0.25, 0.3) is 0 Å². The minimum Gasteiger partial charge on any atom is -0.493 e. The van der Waals surface area contributed by atoms with Gasteiger partial charge in [0, 0.05) is 30.9 Å². The Kier molecular flexibility index (Phi) is 6.24. The molecule has 1 saturated heterocycles. The summed E-state index contributed by atoms with van der Waals surface area (Å²) >= 11 is 0. The van der Waals surface area contributed by atoms with Crippen LogP contribution in [0.1, 0.15) is 29.5 Å². The third-order valence-electron chi connectivity index (χ3n) is 5.80. The highest BCUT2D eigenvalue weighted by molar-refractivity contribution is 5.92. The van der Waals surface area contributed by atoms with Gasteiger partial charge in [-0.15, -0.1) is 0 Å². The Hall–Kier alpha value is -2.91. The van der Waals surface area contributed by atoms with Crippen LogP contribution in [0.4, 0.5) is 22.2 Å². The summed E-state index contributed by atoms with van der Waals surface area (Å²) < 4.78 is 11.4. The summed E-state index contributed by atoms with van der Waals surface area (Å²) in [5.74, 6) is 1.88. The Morgan fingerprint density at radius 2 is 2.13 bits per heavy atom. The monoisotopic (exact) mass is 427 g/mol. The number of ether oxygens (including phenoxy) is 2. The van der Waals surface area contributed by atoms with Crippen molar-refractivity contribution in [3.63, 3.8) is 0 Å². The van der Waals surface area contributed by atoms with E-state index in [-0.39, 0.29) is 24.8 Å². The SMILES string of the molecule is CNC(=O)N(c1nc(Nc2cc3c(cc2C)OCC3)ncc1C)C1CCC(CO)OC1. The predicted molar refractivity (Wildman–Crippen MR) is 117 cm³/mol. The number of aliphatic hydroxyl groups excluding tert-OH is 1. The molecule has 3 heterocycles. The molecule has 1 aromatic heterocycles. The number of anilines is 3. The zero-order chi connectivity index (χ0) is 22.0. The molecule has 0 radical (unpaired) electrons. The number of hydrogen-bond donors (Lipinski definition) is 3. The fourth-order valence-corrected chi connectivity index (χ4v) is 4.01. The molecule has 0 aliphatic carbocycles. The van der Waals surface area contributed by atoms with Crippen LogP contribution in [0.3, 0.4) is 0 Å². The van der Waals surface area contributed by atoms with Crippen molar-refractivity contribution >= 4 is 23.5 Å². The van der Waals surface area contributed by atoms with Crippen LogP contribution < -0.4 is 20.3 Å². The number of aromatic nitrogens is 2. The molecule has 1 fully saturated rings. The standard InChI is InChI=1S/C22H29N5O4/c1-13-8-19-15(6-7-30-19)9-18(13)25-21-24-10-14(2)20(26-21)27(22(29)23-3)16-4-5-17(11-28)31-12-16/h8-10,16-17,28H,4-7,11-12H2,1-3H3,(H,23,29)(H,24,25,26). The van der Waals surface area contributed by atoms with Gasteiger partial charge in [0.2, 0.25) is 5.95 Å². The first kappa shape index (κ1) is 21.3. The molecule has 31 heavy (non-hydrogen) atoms. The van der Waals surface area contributed by atoms with E-state index in [4.69, 9.17) is 14.5 Å². The lowest BCUT2D eigenvalue weighted by Gasteiger charge is -2.36. The molecule has 1 aromatic carbocycles. The van der Waals surface area contributed by atoms with Gasteiger partial charge in [0.05, 0.1) is 32.0 Å². The van der Waals surface area contributed by atoms with Crippen LogP contribution in [0.2, 0.25) is 0 Å². The molecule has 2 atom stereocenters. The van der Waals surface area contributed by atoms with Crippen molar-refractivity contribution in [2.45, 2.75) is 45.3 Å². The van der Waals surface area contributed by atoms with Crippen LogP contribution in [0, 0.1) is 13.8 Å². The predicted octanol–water partition coefficient (Wildman–Crippen LogP) is 2.46. The lowest BCUT2D eigenvalue weighted by molar-refractivity contribution is -0.0257. The van der Waals surface area contributed by atoms with E-state index in [1.54, 1.807) is 18.1 Å². The van der Waals surface area contributed by atoms with Crippen molar-refractivity contribution in [1.82, 2.24) is 15.3 Å². The van der Waals surface area contributed by atoms with E-state index in [0.717, 1.165) is 41.0 Å². The third kappa shape index (κ3) is 4.42. The lowest BCUT2D eigenvalue weighted by atomic mass is 10.0. The molecule has 3 N–H and O–H groups in total. The van der Waals surface area contributed by atoms with Crippen molar-refractivity contribution in [3.8, 4) is 5.75 Å². The van der Waals surface area contributed by atoms with Crippen molar-refractivity contribution < 1.29 is 19.4 Å². The summed E-state index contributed by atoms with van der Waals surface area (Å²) in [6.45, 7) is 4.92. The summed E-state index contributed by atoms with van der Waals surface area (Å²) in [6.07, 6.45) is 3.81. The van der Waals surface area contributed by atoms with Crippen molar-refractivity contribution in [1.29, 1.82) is 0 Å². The highest BCUT2D eigenvalue weighted by Crippen LogP contribution is 2.33. The number of benzene rings is 1. The van der Waals surface area contributed by atoms with E-state index < -0.39 is 0 Å². The molecule has 2 amide bonds. The van der Waals surface area contributed by atoms with Gasteiger partial charge in [-0.1, -0.05) is 0 Å². The van der Waals surface area contributed by atoms with Crippen LogP contribution in [0.5, 0.6) is 5.75 Å². The Morgan fingerprint density at radius 3 is 2.84 bits per heavy atom. The van der Waals surface area contributed by atoms with Crippen molar-refractivity contribution in [2.75, 3.05) is 37.1 Å². The average molecular weight is 428 g/mol. The molecular weight excluding hydrogens is 398 g/mol. The number of nitrogens with one attached hydrogen (secondary N) is 2. The van der Waals surface area contributed by atoms with E-state index in [1.807, 2.05) is 19.9 Å². The van der Waals surface area contributed by atoms with E-state index in [0.29, 0.717) is 31.4 Å². The Morgan fingerprint density at radius 1 is 1.29 bits per heavy atom. The maximum absolute atomic E-state index is 12.8. The highest BCUT2D eigenvalue weighted by Gasteiger charge is 2.32. The third-order valence-corrected chi connectivity index (χ3v) is 5.80. The number of carbonyl (C=O) groups excluding carboxylic acids is 1. The second-order valence-electron chi connectivity index (χ2n) is 7.99. The summed E-state index contributed by atoms with van der Waals surface area (Å²) in [6, 6.07) is 3.66. The molecule has 2 aromatic rings. The van der Waals surface area contributed by atoms with E-state index in [1.165, 1.54) is 0 Å². The molecule has 9 heteroatoms. The Balaban J connectivity index is 1.62. The first-order valence-corrected chi connectivity index (χ1v) is 10.6. The molecule has 2 aliphatic rings. The molecule has 0 spiro atoms. The number of aliphatic hydroxyl groups is 1. The first-order chi connectivity index (χ1) is 15.0. The number of amides is 2. The van der Waals surface area contributed by atoms with Gasteiger partial charge in [-0.25, -0.2) is 9.78 Å². The second-order valence-corrected chi connectivity index (χ2v) is 7.99. The molecule has 9 nitrogen and oxygen atoms in total. The zero-order valence-electron chi connectivity index (χ0n) is 18.1. The van der Waals surface area contributed by atoms with Crippen molar-refractivity contribution in [3.05, 3.63) is 35.0 Å². The number of aryl methyl sites for hydroxylation is 2. The summed E-state index contributed by atoms with van der Waals surface area (Å²) in [4.78, 5) is 23.5.